The number of aliphatic imine (C=N–C) groups is 1. The average Bonchev–Trinajstić information content (AvgIpc) is 2.41. The lowest BCUT2D eigenvalue weighted by Gasteiger charge is -2.38. The molecule has 0 aromatic heterocycles. The van der Waals surface area contributed by atoms with Crippen LogP contribution in [0.3, 0.4) is 0 Å². The van der Waals surface area contributed by atoms with Crippen LogP contribution in [0.25, 0.3) is 0 Å². The van der Waals surface area contributed by atoms with E-state index >= 15 is 0 Å². The number of halogens is 1. The van der Waals surface area contributed by atoms with Gasteiger partial charge in [0, 0.05) is 18.3 Å². The lowest BCUT2D eigenvalue weighted by molar-refractivity contribution is 0.221. The van der Waals surface area contributed by atoms with Gasteiger partial charge in [0.05, 0.1) is 17.4 Å². The molecule has 0 aliphatic carbocycles. The molecule has 0 saturated heterocycles. The van der Waals surface area contributed by atoms with E-state index in [1.54, 1.807) is 30.3 Å². The number of nitriles is 1. The van der Waals surface area contributed by atoms with Gasteiger partial charge in [0.25, 0.3) is 0 Å². The summed E-state index contributed by atoms with van der Waals surface area (Å²) in [6.07, 6.45) is 1.50. The molecular weight excluding hydrogens is 266 g/mol. The van der Waals surface area contributed by atoms with Crippen LogP contribution in [0.15, 0.2) is 28.3 Å². The molecule has 0 saturated carbocycles. The fourth-order valence-corrected chi connectivity index (χ4v) is 2.38. The van der Waals surface area contributed by atoms with Crippen LogP contribution in [0.4, 0.5) is 11.4 Å². The van der Waals surface area contributed by atoms with E-state index in [9.17, 15) is 5.21 Å². The second kappa shape index (κ2) is 4.23. The van der Waals surface area contributed by atoms with Gasteiger partial charge in [0.15, 0.2) is 5.84 Å². The zero-order valence-corrected chi connectivity index (χ0v) is 10.8. The molecule has 2 aliphatic rings. The molecule has 0 fully saturated rings. The Kier molecular flexibility index (Phi) is 2.66. The van der Waals surface area contributed by atoms with E-state index in [-0.39, 0.29) is 0 Å². The van der Waals surface area contributed by atoms with Crippen LogP contribution < -0.4 is 5.06 Å². The van der Waals surface area contributed by atoms with E-state index in [2.05, 4.69) is 16.2 Å². The van der Waals surface area contributed by atoms with Crippen LogP contribution in [0.1, 0.15) is 0 Å². The number of fused-ring (bicyclic) bond motifs is 2. The molecule has 0 spiro atoms. The first-order chi connectivity index (χ1) is 9.11. The van der Waals surface area contributed by atoms with E-state index in [0.717, 1.165) is 5.06 Å². The molecule has 2 aliphatic heterocycles. The highest BCUT2D eigenvalue weighted by Crippen LogP contribution is 2.38. The van der Waals surface area contributed by atoms with E-state index in [0.29, 0.717) is 22.2 Å². The molecule has 7 heteroatoms. The highest BCUT2D eigenvalue weighted by molar-refractivity contribution is 6.31. The van der Waals surface area contributed by atoms with Crippen LogP contribution in [0, 0.1) is 17.2 Å². The minimum Gasteiger partial charge on any atom is -0.288 e. The topological polar surface area (TPSA) is 75.2 Å². The van der Waals surface area contributed by atoms with Crippen molar-refractivity contribution in [2.45, 2.75) is 6.04 Å². The van der Waals surface area contributed by atoms with Gasteiger partial charge in [-0.25, -0.2) is 10.1 Å². The number of anilines is 1. The molecule has 1 aromatic carbocycles. The van der Waals surface area contributed by atoms with Crippen molar-refractivity contribution >= 4 is 35.0 Å². The zero-order chi connectivity index (χ0) is 13.6. The number of hydrogen-bond donors (Lipinski definition) is 1. The minimum absolute atomic E-state index is 0.491. The van der Waals surface area contributed by atoms with Crippen molar-refractivity contribution in [2.24, 2.45) is 16.0 Å². The van der Waals surface area contributed by atoms with Gasteiger partial charge in [-0.05, 0) is 18.2 Å². The maximum absolute atomic E-state index is 10.4. The Morgan fingerprint density at radius 3 is 3.00 bits per heavy atom. The molecule has 6 nitrogen and oxygen atoms in total. The second-order valence-corrected chi connectivity index (χ2v) is 4.77. The largest absolute Gasteiger partial charge is 0.288 e. The SMILES string of the molecule is CN1N=CC(C#N)C2C1=Nc1ccc(Cl)cc1N2O. The maximum atomic E-state index is 10.4. The molecule has 1 aromatic rings. The predicted octanol–water partition coefficient (Wildman–Crippen LogP) is 2.02. The van der Waals surface area contributed by atoms with Gasteiger partial charge >= 0.3 is 0 Å². The Bertz CT molecular complexity index is 635. The summed E-state index contributed by atoms with van der Waals surface area (Å²) in [6, 6.07) is 6.58. The summed E-state index contributed by atoms with van der Waals surface area (Å²) in [5.41, 5.74) is 1.09. The third kappa shape index (κ3) is 1.75. The Hall–Kier alpha value is -2.10. The number of hydroxylamine groups is 1. The van der Waals surface area contributed by atoms with Crippen LogP contribution in [0.5, 0.6) is 0 Å². The molecule has 2 unspecified atom stereocenters. The summed E-state index contributed by atoms with van der Waals surface area (Å²) in [4.78, 5) is 4.46. The molecule has 1 N–H and O–H groups in total. The fraction of sp³-hybridized carbons (Fsp3) is 0.250. The molecule has 0 amide bonds. The van der Waals surface area contributed by atoms with Crippen molar-refractivity contribution in [3.8, 4) is 6.07 Å². The lowest BCUT2D eigenvalue weighted by Crippen LogP contribution is -2.53. The van der Waals surface area contributed by atoms with Crippen molar-refractivity contribution in [1.29, 1.82) is 5.26 Å². The quantitative estimate of drug-likeness (QED) is 0.786. The number of hydrazone groups is 1. The number of benzene rings is 1. The van der Waals surface area contributed by atoms with Crippen molar-refractivity contribution in [1.82, 2.24) is 5.01 Å². The van der Waals surface area contributed by atoms with Crippen molar-refractivity contribution < 1.29 is 5.21 Å². The van der Waals surface area contributed by atoms with Gasteiger partial charge in [0.1, 0.15) is 12.0 Å². The van der Waals surface area contributed by atoms with Crippen LogP contribution in [-0.2, 0) is 0 Å². The van der Waals surface area contributed by atoms with Crippen molar-refractivity contribution in [2.75, 3.05) is 12.1 Å². The first-order valence-electron chi connectivity index (χ1n) is 5.65. The van der Waals surface area contributed by atoms with Gasteiger partial charge < -0.3 is 0 Å². The Balaban J connectivity index is 2.17. The van der Waals surface area contributed by atoms with Crippen LogP contribution in [0.2, 0.25) is 5.02 Å². The first-order valence-corrected chi connectivity index (χ1v) is 6.03. The third-order valence-electron chi connectivity index (χ3n) is 3.17. The van der Waals surface area contributed by atoms with Crippen LogP contribution in [-0.4, -0.2) is 35.4 Å². The molecule has 0 radical (unpaired) electrons. The summed E-state index contributed by atoms with van der Waals surface area (Å²) in [7, 11) is 1.73. The van der Waals surface area contributed by atoms with Gasteiger partial charge in [0.2, 0.25) is 0 Å². The standard InChI is InChI=1S/C12H10ClN5O/c1-17-12-11(7(5-14)6-15-17)18(19)10-4-8(13)2-3-9(10)16-12/h2-4,6-7,11,19H,1H3. The number of amidine groups is 1. The normalized spacial score (nSPS) is 24.4. The number of nitrogens with zero attached hydrogens (tertiary/aromatic N) is 5. The second-order valence-electron chi connectivity index (χ2n) is 4.34. The molecule has 2 atom stereocenters. The highest BCUT2D eigenvalue weighted by atomic mass is 35.5. The van der Waals surface area contributed by atoms with E-state index < -0.39 is 12.0 Å². The Labute approximate surface area is 114 Å². The summed E-state index contributed by atoms with van der Waals surface area (Å²) in [6.45, 7) is 0. The Morgan fingerprint density at radius 2 is 2.26 bits per heavy atom. The first kappa shape index (κ1) is 12.0. The number of likely N-dealkylation sites (N-methyl/N-ethyl adjacent to an activating group) is 1. The lowest BCUT2D eigenvalue weighted by atomic mass is 9.97. The van der Waals surface area contributed by atoms with E-state index in [1.807, 2.05) is 0 Å². The molecule has 0 bridgehead atoms. The summed E-state index contributed by atoms with van der Waals surface area (Å²) in [5.74, 6) is -0.0292. The summed E-state index contributed by atoms with van der Waals surface area (Å²) >= 11 is 5.93. The van der Waals surface area contributed by atoms with E-state index in [4.69, 9.17) is 16.9 Å². The molecule has 2 heterocycles. The summed E-state index contributed by atoms with van der Waals surface area (Å²) < 4.78 is 0. The molecule has 96 valence electrons. The van der Waals surface area contributed by atoms with Gasteiger partial charge in [-0.3, -0.25) is 10.2 Å². The smallest absolute Gasteiger partial charge is 0.152 e. The predicted molar refractivity (Wildman–Crippen MR) is 72.0 cm³/mol. The van der Waals surface area contributed by atoms with Gasteiger partial charge in [-0.2, -0.15) is 10.4 Å². The number of hydrogen-bond acceptors (Lipinski definition) is 6. The Morgan fingerprint density at radius 1 is 1.47 bits per heavy atom. The van der Waals surface area contributed by atoms with Crippen molar-refractivity contribution in [3.05, 3.63) is 23.2 Å². The van der Waals surface area contributed by atoms with Gasteiger partial charge in [-0.15, -0.1) is 0 Å². The third-order valence-corrected chi connectivity index (χ3v) is 3.40. The summed E-state index contributed by atoms with van der Waals surface area (Å²) in [5, 5.41) is 26.7. The van der Waals surface area contributed by atoms with Crippen LogP contribution >= 0.6 is 11.6 Å². The molecular formula is C12H10ClN5O. The molecule has 19 heavy (non-hydrogen) atoms. The minimum atomic E-state index is -0.571. The average molecular weight is 276 g/mol. The van der Waals surface area contributed by atoms with E-state index in [1.165, 1.54) is 6.21 Å². The highest BCUT2D eigenvalue weighted by Gasteiger charge is 2.40. The fourth-order valence-electron chi connectivity index (χ4n) is 2.22. The monoisotopic (exact) mass is 275 g/mol. The van der Waals surface area contributed by atoms with Crippen molar-refractivity contribution in [3.63, 3.8) is 0 Å². The number of rotatable bonds is 0. The maximum Gasteiger partial charge on any atom is 0.152 e. The van der Waals surface area contributed by atoms with Gasteiger partial charge in [-0.1, -0.05) is 11.6 Å². The zero-order valence-electron chi connectivity index (χ0n) is 10.0. The molecule has 3 rings (SSSR count).